The van der Waals surface area contributed by atoms with Crippen molar-refractivity contribution < 1.29 is 13.9 Å². The number of halogens is 1. The van der Waals surface area contributed by atoms with E-state index in [4.69, 9.17) is 9.47 Å². The Bertz CT molecular complexity index is 725. The molecule has 0 spiro atoms. The number of nitrogens with zero attached hydrogens (tertiary/aromatic N) is 1. The second kappa shape index (κ2) is 7.55. The Kier molecular flexibility index (Phi) is 5.72. The van der Waals surface area contributed by atoms with Crippen LogP contribution in [-0.4, -0.2) is 24.8 Å². The highest BCUT2D eigenvalue weighted by molar-refractivity contribution is 5.89. The van der Waals surface area contributed by atoms with Crippen LogP contribution in [0.25, 0.3) is 16.5 Å². The maximum Gasteiger partial charge on any atom is 0.130 e. The summed E-state index contributed by atoms with van der Waals surface area (Å²) in [7, 11) is 1.64. The number of rotatable bonds is 2. The van der Waals surface area contributed by atoms with Gasteiger partial charge in [0.2, 0.25) is 0 Å². The number of aromatic nitrogens is 1. The fourth-order valence-corrected chi connectivity index (χ4v) is 2.71. The summed E-state index contributed by atoms with van der Waals surface area (Å²) >= 11 is 0. The predicted octanol–water partition coefficient (Wildman–Crippen LogP) is 5.07. The standard InChI is InChI=1S/C17H18FNO2.C2H6/c1-10-6-17(20-3)14-8-12(4-5-16(14)19-10)13-7-11(2)21-9-15(13)18;1-2/h4-6,8,11H,7,9H2,1-3H3;1-2H3. The zero-order valence-electron chi connectivity index (χ0n) is 14.4. The van der Waals surface area contributed by atoms with Crippen molar-refractivity contribution >= 4 is 16.5 Å². The lowest BCUT2D eigenvalue weighted by Gasteiger charge is -2.22. The Hall–Kier alpha value is -1.94. The zero-order valence-corrected chi connectivity index (χ0v) is 14.4. The number of fused-ring (bicyclic) bond motifs is 1. The lowest BCUT2D eigenvalue weighted by Crippen LogP contribution is -2.17. The smallest absolute Gasteiger partial charge is 0.130 e. The number of methoxy groups -OCH3 is 1. The zero-order chi connectivity index (χ0) is 17.0. The van der Waals surface area contributed by atoms with Gasteiger partial charge < -0.3 is 9.47 Å². The Morgan fingerprint density at radius 1 is 1.26 bits per heavy atom. The number of hydrogen-bond acceptors (Lipinski definition) is 3. The molecule has 0 N–H and O–H groups in total. The third-order valence-electron chi connectivity index (χ3n) is 3.78. The van der Waals surface area contributed by atoms with Crippen molar-refractivity contribution in [2.24, 2.45) is 0 Å². The molecule has 0 saturated carbocycles. The van der Waals surface area contributed by atoms with Gasteiger partial charge >= 0.3 is 0 Å². The first-order chi connectivity index (χ1) is 11.1. The van der Waals surface area contributed by atoms with Gasteiger partial charge in [0.05, 0.1) is 25.3 Å². The van der Waals surface area contributed by atoms with Crippen LogP contribution in [-0.2, 0) is 4.74 Å². The minimum absolute atomic E-state index is 0.0354. The molecule has 3 nitrogen and oxygen atoms in total. The van der Waals surface area contributed by atoms with Gasteiger partial charge in [-0.25, -0.2) is 4.39 Å². The van der Waals surface area contributed by atoms with Crippen molar-refractivity contribution in [3.05, 3.63) is 41.3 Å². The summed E-state index contributed by atoms with van der Waals surface area (Å²) in [5.74, 6) is 0.576. The average Bonchev–Trinajstić information content (AvgIpc) is 2.57. The van der Waals surface area contributed by atoms with E-state index in [1.54, 1.807) is 7.11 Å². The first-order valence-corrected chi connectivity index (χ1v) is 8.03. The summed E-state index contributed by atoms with van der Waals surface area (Å²) in [6.45, 7) is 7.94. The second-order valence-electron chi connectivity index (χ2n) is 5.41. The van der Waals surface area contributed by atoms with E-state index in [0.29, 0.717) is 6.42 Å². The molecule has 23 heavy (non-hydrogen) atoms. The third kappa shape index (κ3) is 3.70. The molecule has 1 aliphatic rings. The van der Waals surface area contributed by atoms with E-state index in [1.807, 2.05) is 52.0 Å². The third-order valence-corrected chi connectivity index (χ3v) is 3.78. The molecular weight excluding hydrogens is 293 g/mol. The number of pyridine rings is 1. The van der Waals surface area contributed by atoms with E-state index in [-0.39, 0.29) is 18.5 Å². The van der Waals surface area contributed by atoms with Crippen LogP contribution in [0.3, 0.4) is 0 Å². The molecule has 0 bridgehead atoms. The normalized spacial score (nSPS) is 17.7. The van der Waals surface area contributed by atoms with E-state index in [2.05, 4.69) is 4.98 Å². The summed E-state index contributed by atoms with van der Waals surface area (Å²) in [4.78, 5) is 4.49. The van der Waals surface area contributed by atoms with E-state index >= 15 is 0 Å². The highest BCUT2D eigenvalue weighted by atomic mass is 19.1. The molecule has 0 radical (unpaired) electrons. The molecule has 1 atom stereocenters. The van der Waals surface area contributed by atoms with E-state index in [0.717, 1.165) is 33.5 Å². The summed E-state index contributed by atoms with van der Waals surface area (Å²) in [6.07, 6.45) is 0.618. The molecule has 3 rings (SSSR count). The average molecular weight is 317 g/mol. The van der Waals surface area contributed by atoms with Crippen LogP contribution in [0.4, 0.5) is 4.39 Å². The Morgan fingerprint density at radius 3 is 2.70 bits per heavy atom. The largest absolute Gasteiger partial charge is 0.496 e. The summed E-state index contributed by atoms with van der Waals surface area (Å²) in [5, 5.41) is 0.903. The van der Waals surface area contributed by atoms with Crippen LogP contribution in [0, 0.1) is 6.92 Å². The fourth-order valence-electron chi connectivity index (χ4n) is 2.71. The molecule has 0 saturated heterocycles. The second-order valence-corrected chi connectivity index (χ2v) is 5.41. The van der Waals surface area contributed by atoms with Gasteiger partial charge in [0.25, 0.3) is 0 Å². The molecule has 2 aromatic rings. The van der Waals surface area contributed by atoms with Gasteiger partial charge in [-0.3, -0.25) is 4.98 Å². The number of ether oxygens (including phenoxy) is 2. The van der Waals surface area contributed by atoms with Crippen LogP contribution in [0.2, 0.25) is 0 Å². The van der Waals surface area contributed by atoms with Crippen LogP contribution in [0.1, 0.15) is 38.4 Å². The van der Waals surface area contributed by atoms with Gasteiger partial charge in [-0.2, -0.15) is 0 Å². The van der Waals surface area contributed by atoms with Crippen LogP contribution >= 0.6 is 0 Å². The van der Waals surface area contributed by atoms with Crippen molar-refractivity contribution in [3.63, 3.8) is 0 Å². The molecular formula is C19H24FNO2. The first kappa shape index (κ1) is 17.4. The number of benzene rings is 1. The van der Waals surface area contributed by atoms with Crippen LogP contribution in [0.15, 0.2) is 30.1 Å². The molecule has 0 aliphatic carbocycles. The van der Waals surface area contributed by atoms with Crippen LogP contribution in [0.5, 0.6) is 5.75 Å². The molecule has 1 aliphatic heterocycles. The number of aryl methyl sites for hydroxylation is 1. The molecule has 1 aromatic carbocycles. The SMILES string of the molecule is CC.COc1cc(C)nc2ccc(C3=C(F)COC(C)C3)cc12. The fraction of sp³-hybridized carbons (Fsp3) is 0.421. The van der Waals surface area contributed by atoms with Gasteiger partial charge in [-0.15, -0.1) is 0 Å². The van der Waals surface area contributed by atoms with Crippen molar-refractivity contribution in [1.29, 1.82) is 0 Å². The monoisotopic (exact) mass is 317 g/mol. The van der Waals surface area contributed by atoms with Gasteiger partial charge in [-0.1, -0.05) is 19.9 Å². The maximum atomic E-state index is 14.1. The molecule has 0 fully saturated rings. The molecule has 0 amide bonds. The van der Waals surface area contributed by atoms with Gasteiger partial charge in [0.15, 0.2) is 0 Å². The van der Waals surface area contributed by atoms with E-state index in [9.17, 15) is 4.39 Å². The van der Waals surface area contributed by atoms with E-state index in [1.165, 1.54) is 0 Å². The lowest BCUT2D eigenvalue weighted by atomic mass is 9.96. The highest BCUT2D eigenvalue weighted by Gasteiger charge is 2.20. The number of hydrogen-bond donors (Lipinski definition) is 0. The van der Waals surface area contributed by atoms with Crippen molar-refractivity contribution in [2.75, 3.05) is 13.7 Å². The van der Waals surface area contributed by atoms with Gasteiger partial charge in [-0.05, 0) is 37.1 Å². The topological polar surface area (TPSA) is 31.4 Å². The Morgan fingerprint density at radius 2 is 2.00 bits per heavy atom. The lowest BCUT2D eigenvalue weighted by molar-refractivity contribution is 0.0675. The first-order valence-electron chi connectivity index (χ1n) is 8.03. The summed E-state index contributed by atoms with van der Waals surface area (Å²) in [5.41, 5.74) is 3.35. The molecule has 2 heterocycles. The van der Waals surface area contributed by atoms with Gasteiger partial charge in [0, 0.05) is 23.6 Å². The summed E-state index contributed by atoms with van der Waals surface area (Å²) < 4.78 is 24.8. The minimum atomic E-state index is -0.188. The quantitative estimate of drug-likeness (QED) is 0.775. The predicted molar refractivity (Wildman–Crippen MR) is 92.4 cm³/mol. The Balaban J connectivity index is 0.000000924. The van der Waals surface area contributed by atoms with Crippen molar-refractivity contribution in [2.45, 2.75) is 40.2 Å². The van der Waals surface area contributed by atoms with Crippen LogP contribution < -0.4 is 4.74 Å². The maximum absolute atomic E-state index is 14.1. The van der Waals surface area contributed by atoms with Crippen molar-refractivity contribution in [1.82, 2.24) is 4.98 Å². The Labute approximate surface area is 137 Å². The van der Waals surface area contributed by atoms with Crippen molar-refractivity contribution in [3.8, 4) is 5.75 Å². The van der Waals surface area contributed by atoms with E-state index < -0.39 is 0 Å². The van der Waals surface area contributed by atoms with Gasteiger partial charge in [0.1, 0.15) is 11.6 Å². The molecule has 1 aromatic heterocycles. The molecule has 124 valence electrons. The minimum Gasteiger partial charge on any atom is -0.496 e. The molecule has 4 heteroatoms. The summed E-state index contributed by atoms with van der Waals surface area (Å²) in [6, 6.07) is 7.68. The molecule has 1 unspecified atom stereocenters. The highest BCUT2D eigenvalue weighted by Crippen LogP contribution is 2.34.